The van der Waals surface area contributed by atoms with Gasteiger partial charge < -0.3 is 64.2 Å². The predicted octanol–water partition coefficient (Wildman–Crippen LogP) is 3.40. The molecule has 14 nitrogen and oxygen atoms in total. The SMILES string of the molecule is CCCCCCCCCCCCCCCCCCCCCOCC(COC1OC(COC2OC(CO)C(O)C(O)C2O)C(O)C(O)C1O)OC(=O)CC. The van der Waals surface area contributed by atoms with E-state index in [4.69, 9.17) is 28.4 Å². The molecule has 2 heterocycles. The van der Waals surface area contributed by atoms with Crippen LogP contribution in [0.25, 0.3) is 0 Å². The van der Waals surface area contributed by atoms with Crippen LogP contribution in [0.2, 0.25) is 0 Å². The third kappa shape index (κ3) is 19.1. The van der Waals surface area contributed by atoms with E-state index in [1.165, 1.54) is 103 Å². The van der Waals surface area contributed by atoms with Gasteiger partial charge in [0, 0.05) is 13.0 Å². The maximum Gasteiger partial charge on any atom is 0.305 e. The molecule has 53 heavy (non-hydrogen) atoms. The zero-order chi connectivity index (χ0) is 38.8. The zero-order valence-electron chi connectivity index (χ0n) is 32.5. The molecule has 0 saturated carbocycles. The zero-order valence-corrected chi connectivity index (χ0v) is 32.5. The lowest BCUT2D eigenvalue weighted by Gasteiger charge is -2.42. The first-order chi connectivity index (χ1) is 25.6. The van der Waals surface area contributed by atoms with Gasteiger partial charge in [-0.2, -0.15) is 0 Å². The minimum Gasteiger partial charge on any atom is -0.457 e. The van der Waals surface area contributed by atoms with Crippen molar-refractivity contribution >= 4 is 5.97 Å². The number of unbranched alkanes of at least 4 members (excludes halogenated alkanes) is 18. The lowest BCUT2D eigenvalue weighted by Crippen LogP contribution is -2.61. The lowest BCUT2D eigenvalue weighted by atomic mass is 9.98. The minimum absolute atomic E-state index is 0.0580. The van der Waals surface area contributed by atoms with Crippen LogP contribution < -0.4 is 0 Å². The molecular formula is C39H74O14. The highest BCUT2D eigenvalue weighted by Gasteiger charge is 2.47. The van der Waals surface area contributed by atoms with Crippen molar-refractivity contribution in [2.45, 2.75) is 210 Å². The van der Waals surface area contributed by atoms with Crippen LogP contribution in [-0.2, 0) is 33.2 Å². The standard InChI is InChI=1S/C39H74O14/c1-3-5-6-7-8-9-10-11-12-13-14-15-16-17-18-19-20-21-22-23-48-25-28(51-31(41)4-2)26-49-38-37(47)35(45)33(43)30(53-38)27-50-39-36(46)34(44)32(42)29(24-40)52-39/h28-30,32-40,42-47H,3-27H2,1-2H3. The highest BCUT2D eigenvalue weighted by Crippen LogP contribution is 2.26. The summed E-state index contributed by atoms with van der Waals surface area (Å²) >= 11 is 0. The second-order valence-corrected chi connectivity index (χ2v) is 14.8. The fourth-order valence-corrected chi connectivity index (χ4v) is 6.67. The highest BCUT2D eigenvalue weighted by atomic mass is 16.7. The summed E-state index contributed by atoms with van der Waals surface area (Å²) in [4.78, 5) is 12.1. The van der Waals surface area contributed by atoms with Crippen LogP contribution in [0.15, 0.2) is 0 Å². The maximum absolute atomic E-state index is 12.1. The summed E-state index contributed by atoms with van der Waals surface area (Å²) in [5, 5.41) is 71.0. The second kappa shape index (κ2) is 29.3. The molecule has 11 atom stereocenters. The summed E-state index contributed by atoms with van der Waals surface area (Å²) in [6.45, 7) is 3.11. The number of rotatable bonds is 31. The van der Waals surface area contributed by atoms with E-state index in [0.29, 0.717) is 6.61 Å². The van der Waals surface area contributed by atoms with Crippen molar-refractivity contribution in [1.82, 2.24) is 0 Å². The molecule has 0 aromatic heterocycles. The summed E-state index contributed by atoms with van der Waals surface area (Å²) in [6.07, 6.45) is 8.75. The van der Waals surface area contributed by atoms with Crippen LogP contribution in [0.4, 0.5) is 0 Å². The molecule has 2 aliphatic rings. The average molecular weight is 767 g/mol. The molecule has 0 aromatic carbocycles. The molecule has 2 saturated heterocycles. The molecule has 0 amide bonds. The normalized spacial score (nSPS) is 29.7. The van der Waals surface area contributed by atoms with Gasteiger partial charge in [-0.1, -0.05) is 129 Å². The van der Waals surface area contributed by atoms with Gasteiger partial charge in [0.1, 0.15) is 54.9 Å². The molecule has 0 aromatic rings. The first kappa shape index (κ1) is 48.1. The monoisotopic (exact) mass is 767 g/mol. The van der Waals surface area contributed by atoms with E-state index in [0.717, 1.165) is 19.3 Å². The van der Waals surface area contributed by atoms with Crippen molar-refractivity contribution in [2.75, 3.05) is 33.0 Å². The molecule has 2 aliphatic heterocycles. The Morgan fingerprint density at radius 3 is 1.45 bits per heavy atom. The van der Waals surface area contributed by atoms with E-state index in [1.54, 1.807) is 6.92 Å². The lowest BCUT2D eigenvalue weighted by molar-refractivity contribution is -0.332. The van der Waals surface area contributed by atoms with Crippen LogP contribution in [0.5, 0.6) is 0 Å². The fourth-order valence-electron chi connectivity index (χ4n) is 6.67. The van der Waals surface area contributed by atoms with Gasteiger partial charge in [0.2, 0.25) is 0 Å². The second-order valence-electron chi connectivity index (χ2n) is 14.8. The number of ether oxygens (including phenoxy) is 6. The Morgan fingerprint density at radius 1 is 0.547 bits per heavy atom. The van der Waals surface area contributed by atoms with Crippen molar-refractivity contribution in [3.63, 3.8) is 0 Å². The largest absolute Gasteiger partial charge is 0.457 e. The summed E-state index contributed by atoms with van der Waals surface area (Å²) in [5.41, 5.74) is 0. The van der Waals surface area contributed by atoms with Crippen LogP contribution in [0, 0.1) is 0 Å². The summed E-state index contributed by atoms with van der Waals surface area (Å²) in [6, 6.07) is 0. The third-order valence-electron chi connectivity index (χ3n) is 10.2. The van der Waals surface area contributed by atoms with Crippen LogP contribution in [0.1, 0.15) is 142 Å². The first-order valence-corrected chi connectivity index (χ1v) is 20.6. The number of aliphatic hydroxyl groups excluding tert-OH is 7. The van der Waals surface area contributed by atoms with Gasteiger partial charge in [0.25, 0.3) is 0 Å². The van der Waals surface area contributed by atoms with Gasteiger partial charge in [-0.3, -0.25) is 4.79 Å². The quantitative estimate of drug-likeness (QED) is 0.0398. The first-order valence-electron chi connectivity index (χ1n) is 20.6. The number of aliphatic hydroxyl groups is 7. The van der Waals surface area contributed by atoms with Gasteiger partial charge in [-0.15, -0.1) is 0 Å². The van der Waals surface area contributed by atoms with Gasteiger partial charge >= 0.3 is 5.97 Å². The van der Waals surface area contributed by atoms with E-state index >= 15 is 0 Å². The van der Waals surface area contributed by atoms with Crippen LogP contribution >= 0.6 is 0 Å². The summed E-state index contributed by atoms with van der Waals surface area (Å²) < 4.78 is 33.3. The van der Waals surface area contributed by atoms with E-state index < -0.39 is 86.7 Å². The Kier molecular flexibility index (Phi) is 26.6. The van der Waals surface area contributed by atoms with E-state index in [1.807, 2.05) is 0 Å². The molecule has 0 bridgehead atoms. The van der Waals surface area contributed by atoms with Gasteiger partial charge in [-0.25, -0.2) is 0 Å². The third-order valence-corrected chi connectivity index (χ3v) is 10.2. The number of carbonyl (C=O) groups excluding carboxylic acids is 1. The molecular weight excluding hydrogens is 692 g/mol. The highest BCUT2D eigenvalue weighted by molar-refractivity contribution is 5.69. The van der Waals surface area contributed by atoms with Gasteiger partial charge in [0.05, 0.1) is 26.4 Å². The number of hydrogen-bond donors (Lipinski definition) is 7. The Bertz CT molecular complexity index is 896. The number of carbonyl (C=O) groups is 1. The minimum atomic E-state index is -1.69. The van der Waals surface area contributed by atoms with E-state index in [9.17, 15) is 40.5 Å². The maximum atomic E-state index is 12.1. The van der Waals surface area contributed by atoms with Crippen molar-refractivity contribution in [3.8, 4) is 0 Å². The van der Waals surface area contributed by atoms with Crippen molar-refractivity contribution in [2.24, 2.45) is 0 Å². The number of hydrogen-bond acceptors (Lipinski definition) is 14. The Morgan fingerprint density at radius 2 is 0.981 bits per heavy atom. The molecule has 314 valence electrons. The Balaban J connectivity index is 1.59. The molecule has 7 N–H and O–H groups in total. The van der Waals surface area contributed by atoms with Crippen molar-refractivity contribution < 1.29 is 69.0 Å². The summed E-state index contributed by atoms with van der Waals surface area (Å²) in [7, 11) is 0. The van der Waals surface area contributed by atoms with Gasteiger partial charge in [0.15, 0.2) is 12.6 Å². The fraction of sp³-hybridized carbons (Fsp3) is 0.974. The topological polar surface area (TPSA) is 214 Å². The molecule has 2 fully saturated rings. The van der Waals surface area contributed by atoms with Crippen LogP contribution in [-0.4, -0.2) is 142 Å². The van der Waals surface area contributed by atoms with E-state index in [-0.39, 0.29) is 19.6 Å². The Hall–Kier alpha value is -1.01. The molecule has 11 unspecified atom stereocenters. The van der Waals surface area contributed by atoms with Crippen molar-refractivity contribution in [1.29, 1.82) is 0 Å². The van der Waals surface area contributed by atoms with E-state index in [2.05, 4.69) is 6.92 Å². The van der Waals surface area contributed by atoms with Crippen LogP contribution in [0.3, 0.4) is 0 Å². The summed E-state index contributed by atoms with van der Waals surface area (Å²) in [5.74, 6) is -0.461. The predicted molar refractivity (Wildman–Crippen MR) is 197 cm³/mol. The molecule has 0 radical (unpaired) electrons. The smallest absolute Gasteiger partial charge is 0.305 e. The molecule has 0 spiro atoms. The molecule has 14 heteroatoms. The molecule has 0 aliphatic carbocycles. The number of esters is 1. The molecule has 2 rings (SSSR count). The Labute approximate surface area is 317 Å². The average Bonchev–Trinajstić information content (AvgIpc) is 3.16. The van der Waals surface area contributed by atoms with Crippen molar-refractivity contribution in [3.05, 3.63) is 0 Å². The van der Waals surface area contributed by atoms with Gasteiger partial charge in [-0.05, 0) is 6.42 Å².